The van der Waals surface area contributed by atoms with E-state index in [0.717, 1.165) is 0 Å². The summed E-state index contributed by atoms with van der Waals surface area (Å²) in [4.78, 5) is 35.3. The summed E-state index contributed by atoms with van der Waals surface area (Å²) in [7, 11) is 0. The number of fused-ring (bicyclic) bond motifs is 2. The van der Waals surface area contributed by atoms with Gasteiger partial charge in [-0.2, -0.15) is 0 Å². The Balaban J connectivity index is 0.00000182. The minimum absolute atomic E-state index is 0. The summed E-state index contributed by atoms with van der Waals surface area (Å²) in [6.07, 6.45) is -2.95. The summed E-state index contributed by atoms with van der Waals surface area (Å²) < 4.78 is 24.1. The van der Waals surface area contributed by atoms with Gasteiger partial charge in [0.15, 0.2) is 0 Å². The number of nitrogens with two attached hydrogens (primary N) is 1. The molecule has 1 unspecified atom stereocenters. The maximum Gasteiger partial charge on any atom is 0.342 e. The predicted molar refractivity (Wildman–Crippen MR) is 82.5 cm³/mol. The number of hydrogen-bond donors (Lipinski definition) is 2. The molecule has 6 atom stereocenters. The third-order valence-corrected chi connectivity index (χ3v) is 5.23. The quantitative estimate of drug-likeness (QED) is 0.767. The van der Waals surface area contributed by atoms with Crippen molar-refractivity contribution in [2.24, 2.45) is 23.5 Å². The van der Waals surface area contributed by atoms with Gasteiger partial charge < -0.3 is 20.3 Å². The topological polar surface area (TPSA) is 116 Å². The van der Waals surface area contributed by atoms with Gasteiger partial charge in [0.25, 0.3) is 6.29 Å². The number of cyclic esters (lactones) is 1. The Kier molecular flexibility index (Phi) is 4.00. The zero-order chi connectivity index (χ0) is 17.2. The molecule has 1 aromatic rings. The second kappa shape index (κ2) is 5.67. The summed E-state index contributed by atoms with van der Waals surface area (Å²) >= 11 is 0. The highest BCUT2D eigenvalue weighted by Crippen LogP contribution is 2.63. The Hall–Kier alpha value is -2.19. The van der Waals surface area contributed by atoms with Crippen LogP contribution < -0.4 is 5.73 Å². The van der Waals surface area contributed by atoms with Gasteiger partial charge >= 0.3 is 17.9 Å². The molecule has 2 aliphatic carbocycles. The minimum atomic E-state index is -2.07. The van der Waals surface area contributed by atoms with Crippen molar-refractivity contribution in [1.29, 1.82) is 0 Å². The summed E-state index contributed by atoms with van der Waals surface area (Å²) in [5, 5.41) is 9.20. The highest BCUT2D eigenvalue weighted by atomic mass is 35.5. The Bertz CT molecular complexity index is 773. The largest absolute Gasteiger partial charge is 0.480 e. The van der Waals surface area contributed by atoms with Gasteiger partial charge in [0.1, 0.15) is 11.7 Å². The molecule has 0 radical (unpaired) electrons. The lowest BCUT2D eigenvalue weighted by atomic mass is 9.90. The molecule has 1 aromatic carbocycles. The highest BCUT2D eigenvalue weighted by Gasteiger charge is 2.75. The van der Waals surface area contributed by atoms with Gasteiger partial charge in [-0.1, -0.05) is 18.2 Å². The molecule has 0 bridgehead atoms. The zero-order valence-electron chi connectivity index (χ0n) is 12.8. The highest BCUT2D eigenvalue weighted by molar-refractivity contribution is 5.94. The Morgan fingerprint density at radius 2 is 2.04 bits per heavy atom. The molecule has 2 saturated carbocycles. The van der Waals surface area contributed by atoms with E-state index in [-0.39, 0.29) is 18.8 Å². The fraction of sp³-hybridized carbons (Fsp3) is 0.438. The van der Waals surface area contributed by atoms with Crippen molar-refractivity contribution in [3.63, 3.8) is 0 Å². The van der Waals surface area contributed by atoms with E-state index in [9.17, 15) is 23.9 Å². The molecule has 134 valence electrons. The molecule has 0 amide bonds. The fourth-order valence-electron chi connectivity index (χ4n) is 3.94. The van der Waals surface area contributed by atoms with E-state index in [2.05, 4.69) is 0 Å². The Labute approximate surface area is 147 Å². The number of carboxylic acids is 1. The summed E-state index contributed by atoms with van der Waals surface area (Å²) in [6.45, 7) is 0. The monoisotopic (exact) mass is 371 g/mol. The lowest BCUT2D eigenvalue weighted by molar-refractivity contribution is -0.171. The maximum absolute atomic E-state index is 13.9. The molecular formula is C16H15ClFNO6. The molecule has 0 spiro atoms. The molecule has 4 rings (SSSR count). The van der Waals surface area contributed by atoms with E-state index in [1.807, 2.05) is 0 Å². The lowest BCUT2D eigenvalue weighted by Crippen LogP contribution is -2.56. The lowest BCUT2D eigenvalue weighted by Gasteiger charge is -2.25. The zero-order valence-corrected chi connectivity index (χ0v) is 13.6. The summed E-state index contributed by atoms with van der Waals surface area (Å²) in [5.41, 5.74) is 4.37. The second-order valence-electron chi connectivity index (χ2n) is 6.42. The first kappa shape index (κ1) is 17.6. The molecule has 0 saturated heterocycles. The molecule has 0 aromatic heterocycles. The standard InChI is InChI=1S/C16H14FNO6.ClH/c17-9-5-8-10(11(8)16(9,18)15(21)22)13(20)24-14-7-4-2-1-3-6(7)12(19)23-14;/h1-4,8-11,14H,5,18H2,(H,21,22);1H/t8-,9-,10-,11-,14?,16-;/m0./s1. The number of benzene rings is 1. The summed E-state index contributed by atoms with van der Waals surface area (Å²) in [6, 6.07) is 6.50. The van der Waals surface area contributed by atoms with Crippen molar-refractivity contribution in [2.45, 2.75) is 24.4 Å². The van der Waals surface area contributed by atoms with Gasteiger partial charge in [-0.15, -0.1) is 12.4 Å². The smallest absolute Gasteiger partial charge is 0.342 e. The van der Waals surface area contributed by atoms with Crippen LogP contribution in [0.5, 0.6) is 0 Å². The van der Waals surface area contributed by atoms with Crippen molar-refractivity contribution >= 4 is 30.3 Å². The van der Waals surface area contributed by atoms with E-state index >= 15 is 0 Å². The van der Waals surface area contributed by atoms with Crippen molar-refractivity contribution in [1.82, 2.24) is 0 Å². The summed E-state index contributed by atoms with van der Waals surface area (Å²) in [5.74, 6) is -4.82. The fourth-order valence-corrected chi connectivity index (χ4v) is 3.94. The second-order valence-corrected chi connectivity index (χ2v) is 6.42. The van der Waals surface area contributed by atoms with Crippen LogP contribution in [0, 0.1) is 17.8 Å². The van der Waals surface area contributed by atoms with Crippen LogP contribution in [0.1, 0.15) is 28.6 Å². The van der Waals surface area contributed by atoms with Crippen LogP contribution in [0.25, 0.3) is 0 Å². The molecule has 2 fully saturated rings. The number of ether oxygens (including phenoxy) is 2. The van der Waals surface area contributed by atoms with Gasteiger partial charge in [0.2, 0.25) is 0 Å². The number of alkyl halides is 1. The molecular weight excluding hydrogens is 357 g/mol. The van der Waals surface area contributed by atoms with Crippen molar-refractivity contribution in [3.05, 3.63) is 35.4 Å². The predicted octanol–water partition coefficient (Wildman–Crippen LogP) is 1.21. The number of carbonyl (C=O) groups excluding carboxylic acids is 2. The average molecular weight is 372 g/mol. The van der Waals surface area contributed by atoms with Crippen LogP contribution in [-0.2, 0) is 19.1 Å². The third kappa shape index (κ3) is 2.31. The molecule has 3 N–H and O–H groups in total. The molecule has 3 aliphatic rings. The van der Waals surface area contributed by atoms with Crippen LogP contribution in [0.3, 0.4) is 0 Å². The van der Waals surface area contributed by atoms with Crippen LogP contribution in [0.4, 0.5) is 4.39 Å². The molecule has 1 aliphatic heterocycles. The number of rotatable bonds is 3. The molecule has 1 heterocycles. The van der Waals surface area contributed by atoms with Crippen LogP contribution in [-0.4, -0.2) is 34.7 Å². The molecule has 7 nitrogen and oxygen atoms in total. The Morgan fingerprint density at radius 3 is 2.72 bits per heavy atom. The minimum Gasteiger partial charge on any atom is -0.480 e. The van der Waals surface area contributed by atoms with Crippen molar-refractivity contribution < 1.29 is 33.4 Å². The van der Waals surface area contributed by atoms with E-state index in [1.54, 1.807) is 24.3 Å². The number of carboxylic acid groups (broad SMARTS) is 1. The van der Waals surface area contributed by atoms with Gasteiger partial charge in [0, 0.05) is 11.5 Å². The van der Waals surface area contributed by atoms with E-state index in [4.69, 9.17) is 15.2 Å². The normalized spacial score (nSPS) is 37.4. The van der Waals surface area contributed by atoms with Crippen LogP contribution in [0.2, 0.25) is 0 Å². The van der Waals surface area contributed by atoms with E-state index in [0.29, 0.717) is 11.1 Å². The average Bonchev–Trinajstić information content (AvgIpc) is 3.09. The SMILES string of the molecule is Cl.N[C@]1(C(=O)O)[C@H]2[C@@H](C[C@@H]1F)[C@@H]2C(=O)OC1OC(=O)c2ccccc21. The number of halogens is 2. The van der Waals surface area contributed by atoms with Crippen LogP contribution in [0.15, 0.2) is 24.3 Å². The number of hydrogen-bond acceptors (Lipinski definition) is 6. The first-order valence-electron chi connectivity index (χ1n) is 7.52. The number of carbonyl (C=O) groups is 3. The van der Waals surface area contributed by atoms with Crippen LogP contribution >= 0.6 is 12.4 Å². The van der Waals surface area contributed by atoms with Crippen molar-refractivity contribution in [3.8, 4) is 0 Å². The first-order valence-corrected chi connectivity index (χ1v) is 7.52. The van der Waals surface area contributed by atoms with E-state index < -0.39 is 53.7 Å². The van der Waals surface area contributed by atoms with E-state index in [1.165, 1.54) is 0 Å². The van der Waals surface area contributed by atoms with Gasteiger partial charge in [-0.05, 0) is 18.4 Å². The van der Waals surface area contributed by atoms with Crippen molar-refractivity contribution in [2.75, 3.05) is 0 Å². The number of aliphatic carboxylic acids is 1. The first-order chi connectivity index (χ1) is 11.4. The van der Waals surface area contributed by atoms with Gasteiger partial charge in [-0.3, -0.25) is 9.59 Å². The van der Waals surface area contributed by atoms with Gasteiger partial charge in [-0.25, -0.2) is 9.18 Å². The number of esters is 2. The third-order valence-electron chi connectivity index (χ3n) is 5.23. The van der Waals surface area contributed by atoms with Gasteiger partial charge in [0.05, 0.1) is 11.5 Å². The molecule has 9 heteroatoms. The Morgan fingerprint density at radius 1 is 1.36 bits per heavy atom. The molecule has 25 heavy (non-hydrogen) atoms. The maximum atomic E-state index is 13.9.